The third-order valence-corrected chi connectivity index (χ3v) is 5.66. The Balaban J connectivity index is 1.58. The lowest BCUT2D eigenvalue weighted by Gasteiger charge is -2.07. The Morgan fingerprint density at radius 3 is 2.54 bits per heavy atom. The Morgan fingerprint density at radius 2 is 1.77 bits per heavy atom. The van der Waals surface area contributed by atoms with Gasteiger partial charge in [0.1, 0.15) is 0 Å². The van der Waals surface area contributed by atoms with Gasteiger partial charge in [0.25, 0.3) is 0 Å². The molecule has 0 spiro atoms. The first kappa shape index (κ1) is 18.3. The van der Waals surface area contributed by atoms with E-state index in [2.05, 4.69) is 5.32 Å². The molecule has 6 heteroatoms. The number of Topliss-reactive ketones (excluding diaryl/α,β-unsaturated/α-hetero) is 1. The summed E-state index contributed by atoms with van der Waals surface area (Å²) in [5.74, 6) is -0.370. The highest BCUT2D eigenvalue weighted by molar-refractivity contribution is 7.90. The molecule has 1 aliphatic carbocycles. The van der Waals surface area contributed by atoms with Gasteiger partial charge in [-0.3, -0.25) is 9.59 Å². The van der Waals surface area contributed by atoms with Crippen molar-refractivity contribution in [2.45, 2.75) is 37.0 Å². The van der Waals surface area contributed by atoms with E-state index in [9.17, 15) is 18.0 Å². The van der Waals surface area contributed by atoms with Crippen molar-refractivity contribution in [3.05, 3.63) is 59.2 Å². The van der Waals surface area contributed by atoms with Crippen molar-refractivity contribution in [3.8, 4) is 0 Å². The van der Waals surface area contributed by atoms with E-state index >= 15 is 0 Å². The maximum Gasteiger partial charge on any atom is 0.224 e. The van der Waals surface area contributed by atoms with E-state index in [1.54, 1.807) is 12.1 Å². The standard InChI is InChI=1S/C20H21NO4S/c1-26(24,25)18-7-3-6-17(13-18)21-20(23)11-10-19(22)16-9-8-14-4-2-5-15(14)12-16/h3,6-9,12-13H,2,4-5,10-11H2,1H3,(H,21,23). The number of hydrogen-bond donors (Lipinski definition) is 1. The topological polar surface area (TPSA) is 80.3 Å². The summed E-state index contributed by atoms with van der Waals surface area (Å²) < 4.78 is 23.1. The summed E-state index contributed by atoms with van der Waals surface area (Å²) in [5.41, 5.74) is 3.60. The van der Waals surface area contributed by atoms with Crippen LogP contribution < -0.4 is 5.32 Å². The summed E-state index contributed by atoms with van der Waals surface area (Å²) in [5, 5.41) is 2.65. The van der Waals surface area contributed by atoms with Crippen LogP contribution in [0, 0.1) is 0 Å². The van der Waals surface area contributed by atoms with Gasteiger partial charge < -0.3 is 5.32 Å². The zero-order chi connectivity index (χ0) is 18.7. The van der Waals surface area contributed by atoms with E-state index in [0.717, 1.165) is 25.5 Å². The number of aryl methyl sites for hydroxylation is 2. The Bertz CT molecular complexity index is 964. The second kappa shape index (κ2) is 7.41. The van der Waals surface area contributed by atoms with Crippen molar-refractivity contribution >= 4 is 27.2 Å². The third kappa shape index (κ3) is 4.38. The Morgan fingerprint density at radius 1 is 1.00 bits per heavy atom. The number of nitrogens with one attached hydrogen (secondary N) is 1. The van der Waals surface area contributed by atoms with Gasteiger partial charge in [0.05, 0.1) is 4.90 Å². The maximum absolute atomic E-state index is 12.3. The molecule has 0 heterocycles. The number of carbonyl (C=O) groups excluding carboxylic acids is 2. The number of hydrogen-bond acceptors (Lipinski definition) is 4. The molecule has 26 heavy (non-hydrogen) atoms. The quantitative estimate of drug-likeness (QED) is 0.791. The molecule has 0 aliphatic heterocycles. The second-order valence-corrected chi connectivity index (χ2v) is 8.62. The lowest BCUT2D eigenvalue weighted by atomic mass is 10.0. The predicted octanol–water partition coefficient (Wildman–Crippen LogP) is 3.18. The SMILES string of the molecule is CS(=O)(=O)c1cccc(NC(=O)CCC(=O)c2ccc3c(c2)CCC3)c1. The van der Waals surface area contributed by atoms with Crippen LogP contribution >= 0.6 is 0 Å². The van der Waals surface area contributed by atoms with Gasteiger partial charge in [0, 0.05) is 30.3 Å². The monoisotopic (exact) mass is 371 g/mol. The summed E-state index contributed by atoms with van der Waals surface area (Å²) in [4.78, 5) is 24.6. The number of sulfone groups is 1. The fraction of sp³-hybridized carbons (Fsp3) is 0.300. The second-order valence-electron chi connectivity index (χ2n) is 6.61. The summed E-state index contributed by atoms with van der Waals surface area (Å²) in [6.45, 7) is 0. The molecular weight excluding hydrogens is 350 g/mol. The number of anilines is 1. The van der Waals surface area contributed by atoms with Crippen LogP contribution in [0.3, 0.4) is 0 Å². The van der Waals surface area contributed by atoms with E-state index in [1.165, 1.54) is 23.3 Å². The lowest BCUT2D eigenvalue weighted by molar-refractivity contribution is -0.116. The van der Waals surface area contributed by atoms with Crippen LogP contribution in [-0.2, 0) is 27.5 Å². The Kier molecular flexibility index (Phi) is 5.23. The molecule has 2 aromatic carbocycles. The van der Waals surface area contributed by atoms with Gasteiger partial charge >= 0.3 is 0 Å². The van der Waals surface area contributed by atoms with E-state index in [4.69, 9.17) is 0 Å². The normalized spacial score (nSPS) is 13.3. The van der Waals surface area contributed by atoms with Crippen molar-refractivity contribution in [1.29, 1.82) is 0 Å². The van der Waals surface area contributed by atoms with Crippen LogP contribution in [0.2, 0.25) is 0 Å². The smallest absolute Gasteiger partial charge is 0.224 e. The highest BCUT2D eigenvalue weighted by Crippen LogP contribution is 2.23. The molecule has 3 rings (SSSR count). The predicted molar refractivity (Wildman–Crippen MR) is 100 cm³/mol. The van der Waals surface area contributed by atoms with E-state index in [0.29, 0.717) is 11.3 Å². The van der Waals surface area contributed by atoms with Crippen LogP contribution in [0.25, 0.3) is 0 Å². The molecule has 1 N–H and O–H groups in total. The van der Waals surface area contributed by atoms with Gasteiger partial charge in [0.2, 0.25) is 5.91 Å². The van der Waals surface area contributed by atoms with Crippen molar-refractivity contribution in [2.75, 3.05) is 11.6 Å². The summed E-state index contributed by atoms with van der Waals surface area (Å²) in [6, 6.07) is 11.9. The zero-order valence-corrected chi connectivity index (χ0v) is 15.4. The molecule has 1 amide bonds. The highest BCUT2D eigenvalue weighted by Gasteiger charge is 2.15. The summed E-state index contributed by atoms with van der Waals surface area (Å²) in [7, 11) is -3.33. The molecule has 2 aromatic rings. The number of rotatable bonds is 6. The third-order valence-electron chi connectivity index (χ3n) is 4.55. The van der Waals surface area contributed by atoms with Gasteiger partial charge in [0.15, 0.2) is 15.6 Å². The van der Waals surface area contributed by atoms with Crippen LogP contribution in [0.4, 0.5) is 5.69 Å². The minimum Gasteiger partial charge on any atom is -0.326 e. The number of fused-ring (bicyclic) bond motifs is 1. The first-order valence-corrected chi connectivity index (χ1v) is 10.5. The number of carbonyl (C=O) groups is 2. The first-order valence-electron chi connectivity index (χ1n) is 8.58. The van der Waals surface area contributed by atoms with E-state index < -0.39 is 9.84 Å². The molecule has 0 fully saturated rings. The van der Waals surface area contributed by atoms with Crippen LogP contribution in [-0.4, -0.2) is 26.4 Å². The van der Waals surface area contributed by atoms with Gasteiger partial charge in [-0.2, -0.15) is 0 Å². The van der Waals surface area contributed by atoms with Crippen molar-refractivity contribution in [3.63, 3.8) is 0 Å². The van der Waals surface area contributed by atoms with Crippen molar-refractivity contribution < 1.29 is 18.0 Å². The van der Waals surface area contributed by atoms with Crippen LogP contribution in [0.1, 0.15) is 40.7 Å². The van der Waals surface area contributed by atoms with Crippen LogP contribution in [0.5, 0.6) is 0 Å². The number of ketones is 1. The molecule has 1 aliphatic rings. The highest BCUT2D eigenvalue weighted by atomic mass is 32.2. The Hall–Kier alpha value is -2.47. The minimum atomic E-state index is -3.33. The zero-order valence-electron chi connectivity index (χ0n) is 14.6. The fourth-order valence-electron chi connectivity index (χ4n) is 3.14. The number of amides is 1. The molecular formula is C20H21NO4S. The lowest BCUT2D eigenvalue weighted by Crippen LogP contribution is -2.14. The average Bonchev–Trinajstić information content (AvgIpc) is 3.07. The van der Waals surface area contributed by atoms with Gasteiger partial charge in [-0.15, -0.1) is 0 Å². The molecule has 0 aromatic heterocycles. The molecule has 136 valence electrons. The molecule has 0 atom stereocenters. The number of benzene rings is 2. The van der Waals surface area contributed by atoms with Crippen molar-refractivity contribution in [1.82, 2.24) is 0 Å². The molecule has 5 nitrogen and oxygen atoms in total. The van der Waals surface area contributed by atoms with Crippen molar-refractivity contribution in [2.24, 2.45) is 0 Å². The average molecular weight is 371 g/mol. The molecule has 0 saturated carbocycles. The molecule has 0 saturated heterocycles. The fourth-order valence-corrected chi connectivity index (χ4v) is 3.81. The van der Waals surface area contributed by atoms with E-state index in [-0.39, 0.29) is 29.4 Å². The maximum atomic E-state index is 12.3. The molecule has 0 bridgehead atoms. The van der Waals surface area contributed by atoms with Crippen LogP contribution in [0.15, 0.2) is 47.4 Å². The largest absolute Gasteiger partial charge is 0.326 e. The van der Waals surface area contributed by atoms with Gasteiger partial charge in [-0.25, -0.2) is 8.42 Å². The first-order chi connectivity index (χ1) is 12.3. The van der Waals surface area contributed by atoms with Gasteiger partial charge in [-0.05, 0) is 54.7 Å². The van der Waals surface area contributed by atoms with E-state index in [1.807, 2.05) is 18.2 Å². The Labute approximate surface area is 153 Å². The van der Waals surface area contributed by atoms with Gasteiger partial charge in [-0.1, -0.05) is 18.2 Å². The molecule has 0 unspecified atom stereocenters. The summed E-state index contributed by atoms with van der Waals surface area (Å²) >= 11 is 0. The minimum absolute atomic E-state index is 0.0546. The summed E-state index contributed by atoms with van der Waals surface area (Å²) in [6.07, 6.45) is 4.49. The molecule has 0 radical (unpaired) electrons.